The molecule has 0 aliphatic heterocycles. The topological polar surface area (TPSA) is 29.3 Å². The van der Waals surface area contributed by atoms with E-state index in [1.807, 2.05) is 0 Å². The van der Waals surface area contributed by atoms with Crippen LogP contribution < -0.4 is 5.73 Å². The highest BCUT2D eigenvalue weighted by Crippen LogP contribution is 2.25. The Kier molecular flexibility index (Phi) is 6.53. The van der Waals surface area contributed by atoms with Crippen LogP contribution in [-0.2, 0) is 6.42 Å². The molecule has 0 aliphatic carbocycles. The minimum absolute atomic E-state index is 0.109. The van der Waals surface area contributed by atoms with Gasteiger partial charge in [0.1, 0.15) is 0 Å². The fourth-order valence-corrected chi connectivity index (χ4v) is 2.94. The standard InChI is InChI=1S/C17H30N2/c1-5-17(4,19(6-2)7-3)16(18)14-13-15-11-9-8-10-12-15/h8-12,16H,5-7,13-14,18H2,1-4H3. The number of benzene rings is 1. The summed E-state index contributed by atoms with van der Waals surface area (Å²) in [5.74, 6) is 0. The van der Waals surface area contributed by atoms with Crippen molar-refractivity contribution in [1.29, 1.82) is 0 Å². The van der Waals surface area contributed by atoms with Gasteiger partial charge in [-0.25, -0.2) is 0 Å². The summed E-state index contributed by atoms with van der Waals surface area (Å²) in [6, 6.07) is 10.9. The number of nitrogens with zero attached hydrogens (tertiary/aromatic N) is 1. The minimum Gasteiger partial charge on any atom is -0.326 e. The molecule has 1 rings (SSSR count). The lowest BCUT2D eigenvalue weighted by Crippen LogP contribution is -2.57. The van der Waals surface area contributed by atoms with Crippen molar-refractivity contribution in [2.24, 2.45) is 5.73 Å². The smallest absolute Gasteiger partial charge is 0.0329 e. The van der Waals surface area contributed by atoms with Crippen molar-refractivity contribution < 1.29 is 0 Å². The summed E-state index contributed by atoms with van der Waals surface area (Å²) in [5.41, 5.74) is 8.02. The molecule has 2 nitrogen and oxygen atoms in total. The normalized spacial score (nSPS) is 16.3. The van der Waals surface area contributed by atoms with E-state index < -0.39 is 0 Å². The van der Waals surface area contributed by atoms with Gasteiger partial charge in [0.15, 0.2) is 0 Å². The van der Waals surface area contributed by atoms with Crippen molar-refractivity contribution in [2.75, 3.05) is 13.1 Å². The number of hydrogen-bond donors (Lipinski definition) is 1. The van der Waals surface area contributed by atoms with E-state index in [-0.39, 0.29) is 11.6 Å². The summed E-state index contributed by atoms with van der Waals surface area (Å²) in [5, 5.41) is 0. The molecule has 0 aromatic heterocycles. The van der Waals surface area contributed by atoms with Crippen molar-refractivity contribution in [3.63, 3.8) is 0 Å². The summed E-state index contributed by atoms with van der Waals surface area (Å²) in [4.78, 5) is 2.50. The molecule has 1 aromatic rings. The summed E-state index contributed by atoms with van der Waals surface area (Å²) in [7, 11) is 0. The molecule has 2 N–H and O–H groups in total. The Morgan fingerprint density at radius 2 is 1.68 bits per heavy atom. The van der Waals surface area contributed by atoms with Gasteiger partial charge in [-0.3, -0.25) is 4.90 Å². The number of likely N-dealkylation sites (N-methyl/N-ethyl adjacent to an activating group) is 1. The highest BCUT2D eigenvalue weighted by molar-refractivity contribution is 5.15. The fourth-order valence-electron chi connectivity index (χ4n) is 2.94. The van der Waals surface area contributed by atoms with E-state index in [0.29, 0.717) is 0 Å². The first-order valence-electron chi connectivity index (χ1n) is 7.63. The predicted octanol–water partition coefficient (Wildman–Crippen LogP) is 3.46. The van der Waals surface area contributed by atoms with E-state index in [2.05, 4.69) is 62.9 Å². The number of hydrogen-bond acceptors (Lipinski definition) is 2. The summed E-state index contributed by atoms with van der Waals surface area (Å²) >= 11 is 0. The van der Waals surface area contributed by atoms with Crippen LogP contribution in [0.3, 0.4) is 0 Å². The van der Waals surface area contributed by atoms with Gasteiger partial charge >= 0.3 is 0 Å². The van der Waals surface area contributed by atoms with Crippen molar-refractivity contribution in [3.8, 4) is 0 Å². The second kappa shape index (κ2) is 7.66. The first-order valence-corrected chi connectivity index (χ1v) is 7.63. The molecule has 19 heavy (non-hydrogen) atoms. The zero-order valence-electron chi connectivity index (χ0n) is 13.0. The second-order valence-corrected chi connectivity index (χ2v) is 5.51. The van der Waals surface area contributed by atoms with E-state index >= 15 is 0 Å². The zero-order valence-corrected chi connectivity index (χ0v) is 13.0. The predicted molar refractivity (Wildman–Crippen MR) is 84.4 cm³/mol. The molecule has 2 heteroatoms. The van der Waals surface area contributed by atoms with Crippen LogP contribution in [0.5, 0.6) is 0 Å². The van der Waals surface area contributed by atoms with Crippen LogP contribution in [0.2, 0.25) is 0 Å². The maximum Gasteiger partial charge on any atom is 0.0329 e. The summed E-state index contributed by atoms with van der Waals surface area (Å²) < 4.78 is 0. The largest absolute Gasteiger partial charge is 0.326 e. The van der Waals surface area contributed by atoms with Gasteiger partial charge in [0.05, 0.1) is 0 Å². The van der Waals surface area contributed by atoms with Gasteiger partial charge in [0.25, 0.3) is 0 Å². The average Bonchev–Trinajstić information content (AvgIpc) is 2.46. The molecular formula is C17H30N2. The van der Waals surface area contributed by atoms with Gasteiger partial charge in [-0.1, -0.05) is 51.1 Å². The lowest BCUT2D eigenvalue weighted by Gasteiger charge is -2.44. The van der Waals surface area contributed by atoms with Crippen molar-refractivity contribution in [3.05, 3.63) is 35.9 Å². The number of aryl methyl sites for hydroxylation is 1. The highest BCUT2D eigenvalue weighted by Gasteiger charge is 2.34. The Morgan fingerprint density at radius 1 is 1.11 bits per heavy atom. The molecular weight excluding hydrogens is 232 g/mol. The van der Waals surface area contributed by atoms with Gasteiger partial charge in [-0.15, -0.1) is 0 Å². The lowest BCUT2D eigenvalue weighted by atomic mass is 9.84. The number of rotatable bonds is 8. The van der Waals surface area contributed by atoms with Crippen molar-refractivity contribution in [2.45, 2.75) is 58.5 Å². The van der Waals surface area contributed by atoms with Gasteiger partial charge in [-0.05, 0) is 44.8 Å². The molecule has 0 fully saturated rings. The maximum atomic E-state index is 6.52. The molecule has 0 bridgehead atoms. The van der Waals surface area contributed by atoms with Crippen LogP contribution in [0.15, 0.2) is 30.3 Å². The highest BCUT2D eigenvalue weighted by atomic mass is 15.2. The maximum absolute atomic E-state index is 6.52. The summed E-state index contributed by atoms with van der Waals surface area (Å²) in [6.45, 7) is 11.2. The van der Waals surface area contributed by atoms with Crippen molar-refractivity contribution >= 4 is 0 Å². The summed E-state index contributed by atoms with van der Waals surface area (Å²) in [6.07, 6.45) is 3.22. The molecule has 0 spiro atoms. The van der Waals surface area contributed by atoms with Crippen LogP contribution in [-0.4, -0.2) is 29.6 Å². The quantitative estimate of drug-likeness (QED) is 0.777. The third kappa shape index (κ3) is 4.05. The van der Waals surface area contributed by atoms with E-state index in [0.717, 1.165) is 32.4 Å². The Morgan fingerprint density at radius 3 is 2.16 bits per heavy atom. The van der Waals surface area contributed by atoms with Gasteiger partial charge in [0, 0.05) is 11.6 Å². The molecule has 0 saturated carbocycles. The Balaban J connectivity index is 2.65. The zero-order chi connectivity index (χ0) is 14.3. The fraction of sp³-hybridized carbons (Fsp3) is 0.647. The monoisotopic (exact) mass is 262 g/mol. The van der Waals surface area contributed by atoms with Crippen LogP contribution in [0.25, 0.3) is 0 Å². The number of nitrogens with two attached hydrogens (primary N) is 1. The Bertz CT molecular complexity index is 346. The molecule has 0 radical (unpaired) electrons. The molecule has 2 atom stereocenters. The SMILES string of the molecule is CCN(CC)C(C)(CC)C(N)CCc1ccccc1. The van der Waals surface area contributed by atoms with E-state index in [1.54, 1.807) is 0 Å². The third-order valence-corrected chi connectivity index (χ3v) is 4.59. The molecule has 0 aliphatic rings. The first kappa shape index (κ1) is 16.2. The van der Waals surface area contributed by atoms with Crippen LogP contribution in [0.4, 0.5) is 0 Å². The molecule has 1 aromatic carbocycles. The molecule has 0 saturated heterocycles. The second-order valence-electron chi connectivity index (χ2n) is 5.51. The van der Waals surface area contributed by atoms with E-state index in [1.165, 1.54) is 5.56 Å². The van der Waals surface area contributed by atoms with E-state index in [9.17, 15) is 0 Å². The lowest BCUT2D eigenvalue weighted by molar-refractivity contribution is 0.0815. The van der Waals surface area contributed by atoms with Crippen molar-refractivity contribution in [1.82, 2.24) is 4.90 Å². The van der Waals surface area contributed by atoms with E-state index in [4.69, 9.17) is 5.73 Å². The van der Waals surface area contributed by atoms with Gasteiger partial charge in [0.2, 0.25) is 0 Å². The minimum atomic E-state index is 0.109. The Labute approximate surface area is 119 Å². The van der Waals surface area contributed by atoms with Crippen LogP contribution >= 0.6 is 0 Å². The average molecular weight is 262 g/mol. The van der Waals surface area contributed by atoms with Gasteiger partial charge < -0.3 is 5.73 Å². The Hall–Kier alpha value is -0.860. The molecule has 0 heterocycles. The van der Waals surface area contributed by atoms with Crippen LogP contribution in [0, 0.1) is 0 Å². The van der Waals surface area contributed by atoms with Crippen LogP contribution in [0.1, 0.15) is 46.1 Å². The first-order chi connectivity index (χ1) is 9.08. The molecule has 0 amide bonds. The molecule has 108 valence electrons. The van der Waals surface area contributed by atoms with Gasteiger partial charge in [-0.2, -0.15) is 0 Å². The molecule has 2 unspecified atom stereocenters. The third-order valence-electron chi connectivity index (χ3n) is 4.59.